The molecule has 2 aliphatic heterocycles. The third-order valence-corrected chi connectivity index (χ3v) is 7.13. The number of pyridine rings is 1. The number of nitrogens with one attached hydrogen (secondary N) is 2. The fourth-order valence-corrected chi connectivity index (χ4v) is 5.15. The van der Waals surface area contributed by atoms with E-state index in [1.54, 1.807) is 17.8 Å². The van der Waals surface area contributed by atoms with E-state index < -0.39 is 0 Å². The number of nitrogen functional groups attached to an aromatic ring is 1. The number of aromatic amines is 1. The monoisotopic (exact) mass is 470 g/mol. The second-order valence-electron chi connectivity index (χ2n) is 9.42. The quantitative estimate of drug-likeness (QED) is 0.389. The molecule has 4 N–H and O–H groups in total. The summed E-state index contributed by atoms with van der Waals surface area (Å²) in [6.45, 7) is 6.49. The first-order chi connectivity index (χ1) is 17.1. The number of nitrogens with zero attached hydrogens (tertiary/aromatic N) is 3. The van der Waals surface area contributed by atoms with Gasteiger partial charge in [0, 0.05) is 98.7 Å². The molecule has 4 heterocycles. The minimum atomic E-state index is -0.0681. The van der Waals surface area contributed by atoms with Crippen molar-refractivity contribution in [1.82, 2.24) is 19.8 Å². The van der Waals surface area contributed by atoms with E-state index in [0.29, 0.717) is 23.0 Å². The Balaban J connectivity index is 1.28. The molecule has 4 aromatic rings. The van der Waals surface area contributed by atoms with Crippen LogP contribution < -0.4 is 26.2 Å². The zero-order valence-electron chi connectivity index (χ0n) is 19.8. The Morgan fingerprint density at radius 1 is 1.03 bits per heavy atom. The first-order valence-corrected chi connectivity index (χ1v) is 12.1. The Bertz CT molecular complexity index is 1430. The highest BCUT2D eigenvalue weighted by Crippen LogP contribution is 2.38. The zero-order valence-corrected chi connectivity index (χ0v) is 19.8. The summed E-state index contributed by atoms with van der Waals surface area (Å²) in [7, 11) is 1.75. The summed E-state index contributed by atoms with van der Waals surface area (Å²) in [5.74, 6) is 1.47. The van der Waals surface area contributed by atoms with Crippen LogP contribution in [-0.2, 0) is 7.05 Å². The molecule has 0 bridgehead atoms. The fourth-order valence-electron chi connectivity index (χ4n) is 5.15. The topological polar surface area (TPSA) is 91.6 Å². The van der Waals surface area contributed by atoms with Gasteiger partial charge in [-0.15, -0.1) is 0 Å². The van der Waals surface area contributed by atoms with E-state index in [1.807, 2.05) is 42.6 Å². The summed E-state index contributed by atoms with van der Waals surface area (Å²) in [5.41, 5.74) is 10.2. The largest absolute Gasteiger partial charge is 0.457 e. The normalized spacial score (nSPS) is 17.0. The summed E-state index contributed by atoms with van der Waals surface area (Å²) in [5, 5.41) is 4.27. The van der Waals surface area contributed by atoms with Gasteiger partial charge in [0.2, 0.25) is 0 Å². The van der Waals surface area contributed by atoms with Crippen LogP contribution >= 0.6 is 0 Å². The van der Waals surface area contributed by atoms with Gasteiger partial charge in [-0.1, -0.05) is 6.07 Å². The maximum atomic E-state index is 12.5. The van der Waals surface area contributed by atoms with E-state index in [4.69, 9.17) is 10.5 Å². The van der Waals surface area contributed by atoms with E-state index in [0.717, 1.165) is 61.5 Å². The molecule has 0 atom stereocenters. The Morgan fingerprint density at radius 3 is 2.69 bits per heavy atom. The van der Waals surface area contributed by atoms with E-state index >= 15 is 0 Å². The molecule has 6 rings (SSSR count). The van der Waals surface area contributed by atoms with Gasteiger partial charge in [-0.05, 0) is 36.4 Å². The molecule has 0 aliphatic carbocycles. The van der Waals surface area contributed by atoms with Crippen LogP contribution in [0.25, 0.3) is 22.0 Å². The molecule has 8 heteroatoms. The van der Waals surface area contributed by atoms with Crippen molar-refractivity contribution in [3.63, 3.8) is 0 Å². The molecule has 0 saturated carbocycles. The van der Waals surface area contributed by atoms with Crippen molar-refractivity contribution in [2.24, 2.45) is 7.05 Å². The van der Waals surface area contributed by atoms with E-state index in [1.165, 1.54) is 5.69 Å². The highest BCUT2D eigenvalue weighted by molar-refractivity contribution is 5.96. The second kappa shape index (κ2) is 8.79. The molecular formula is C27H30N6O2. The average Bonchev–Trinajstić information content (AvgIpc) is 3.33. The summed E-state index contributed by atoms with van der Waals surface area (Å²) < 4.78 is 8.00. The van der Waals surface area contributed by atoms with Gasteiger partial charge >= 0.3 is 0 Å². The van der Waals surface area contributed by atoms with Crippen molar-refractivity contribution in [2.45, 2.75) is 6.04 Å². The number of aromatic nitrogens is 2. The SMILES string of the molecule is Cn1cc(-c2cc(N)ccc2Oc2cccc(N3CC(N4CCNCC4)C3)c2)c2cc[nH]c2c1=O. The minimum Gasteiger partial charge on any atom is -0.457 e. The van der Waals surface area contributed by atoms with Crippen molar-refractivity contribution in [3.05, 3.63) is 71.3 Å². The maximum Gasteiger partial charge on any atom is 0.274 e. The molecular weight excluding hydrogens is 440 g/mol. The summed E-state index contributed by atoms with van der Waals surface area (Å²) in [6, 6.07) is 16.4. The molecule has 2 aromatic carbocycles. The number of ether oxygens (including phenoxy) is 1. The van der Waals surface area contributed by atoms with Gasteiger partial charge < -0.3 is 30.2 Å². The van der Waals surface area contributed by atoms with Crippen LogP contribution in [0.1, 0.15) is 0 Å². The lowest BCUT2D eigenvalue weighted by atomic mass is 10.0. The van der Waals surface area contributed by atoms with Crippen molar-refractivity contribution in [1.29, 1.82) is 0 Å². The lowest BCUT2D eigenvalue weighted by molar-refractivity contribution is 0.147. The van der Waals surface area contributed by atoms with Crippen molar-refractivity contribution < 1.29 is 4.74 Å². The number of H-pyrrole nitrogens is 1. The molecule has 180 valence electrons. The number of benzene rings is 2. The fraction of sp³-hybridized carbons (Fsp3) is 0.296. The molecule has 2 fully saturated rings. The van der Waals surface area contributed by atoms with Gasteiger partial charge in [-0.25, -0.2) is 0 Å². The molecule has 2 aromatic heterocycles. The number of anilines is 2. The van der Waals surface area contributed by atoms with Gasteiger partial charge in [0.05, 0.1) is 0 Å². The lowest BCUT2D eigenvalue weighted by Gasteiger charge is -2.48. The van der Waals surface area contributed by atoms with Crippen molar-refractivity contribution in [2.75, 3.05) is 49.9 Å². The molecule has 2 aliphatic rings. The summed E-state index contributed by atoms with van der Waals surface area (Å²) >= 11 is 0. The average molecular weight is 471 g/mol. The van der Waals surface area contributed by atoms with Crippen LogP contribution in [0, 0.1) is 0 Å². The highest BCUT2D eigenvalue weighted by Gasteiger charge is 2.32. The molecule has 2 saturated heterocycles. The number of fused-ring (bicyclic) bond motifs is 1. The smallest absolute Gasteiger partial charge is 0.274 e. The predicted molar refractivity (Wildman–Crippen MR) is 140 cm³/mol. The number of rotatable bonds is 5. The molecule has 0 radical (unpaired) electrons. The Morgan fingerprint density at radius 2 is 1.86 bits per heavy atom. The van der Waals surface area contributed by atoms with Crippen LogP contribution in [0.15, 0.2) is 65.7 Å². The van der Waals surface area contributed by atoms with Crippen LogP contribution in [0.2, 0.25) is 0 Å². The molecule has 8 nitrogen and oxygen atoms in total. The molecule has 35 heavy (non-hydrogen) atoms. The first-order valence-electron chi connectivity index (χ1n) is 12.1. The maximum absolute atomic E-state index is 12.5. The minimum absolute atomic E-state index is 0.0681. The van der Waals surface area contributed by atoms with Gasteiger partial charge in [-0.2, -0.15) is 0 Å². The highest BCUT2D eigenvalue weighted by atomic mass is 16.5. The predicted octanol–water partition coefficient (Wildman–Crippen LogP) is 3.00. The van der Waals surface area contributed by atoms with Gasteiger partial charge in [0.1, 0.15) is 17.0 Å². The Hall–Kier alpha value is -3.75. The van der Waals surface area contributed by atoms with Gasteiger partial charge in [-0.3, -0.25) is 9.69 Å². The van der Waals surface area contributed by atoms with E-state index in [-0.39, 0.29) is 5.56 Å². The molecule has 0 amide bonds. The lowest BCUT2D eigenvalue weighted by Crippen LogP contribution is -2.62. The third kappa shape index (κ3) is 4.05. The van der Waals surface area contributed by atoms with E-state index in [9.17, 15) is 4.79 Å². The van der Waals surface area contributed by atoms with Crippen LogP contribution in [0.3, 0.4) is 0 Å². The van der Waals surface area contributed by atoms with Gasteiger partial charge in [0.25, 0.3) is 5.56 Å². The zero-order chi connectivity index (χ0) is 23.9. The van der Waals surface area contributed by atoms with Crippen LogP contribution in [-0.4, -0.2) is 59.8 Å². The summed E-state index contributed by atoms with van der Waals surface area (Å²) in [4.78, 5) is 20.6. The van der Waals surface area contributed by atoms with Gasteiger partial charge in [0.15, 0.2) is 0 Å². The number of aryl methyl sites for hydroxylation is 1. The number of hydrogen-bond donors (Lipinski definition) is 3. The second-order valence-corrected chi connectivity index (χ2v) is 9.42. The Kier molecular flexibility index (Phi) is 5.47. The van der Waals surface area contributed by atoms with E-state index in [2.05, 4.69) is 32.2 Å². The first kappa shape index (κ1) is 21.8. The molecule has 0 spiro atoms. The standard InChI is InChI=1S/C27H30N6O2/c1-31-17-24(22-7-8-30-26(22)27(31)34)23-13-18(28)5-6-25(23)35-21-4-2-3-19(14-21)33-15-20(16-33)32-11-9-29-10-12-32/h2-8,13-14,17,20,29-30H,9-12,15-16,28H2,1H3. The van der Waals surface area contributed by atoms with Crippen molar-refractivity contribution >= 4 is 22.3 Å². The number of hydrogen-bond acceptors (Lipinski definition) is 6. The number of piperazine rings is 1. The van der Waals surface area contributed by atoms with Crippen LogP contribution in [0.5, 0.6) is 11.5 Å². The Labute approximate surface area is 203 Å². The number of nitrogens with two attached hydrogens (primary N) is 1. The summed E-state index contributed by atoms with van der Waals surface area (Å²) in [6.07, 6.45) is 3.62. The van der Waals surface area contributed by atoms with Crippen molar-refractivity contribution in [3.8, 4) is 22.6 Å². The third-order valence-electron chi connectivity index (χ3n) is 7.13. The molecule has 0 unspecified atom stereocenters. The van der Waals surface area contributed by atoms with Crippen LogP contribution in [0.4, 0.5) is 11.4 Å².